The molecule has 6 N–H and O–H groups in total. The van der Waals surface area contributed by atoms with Gasteiger partial charge in [0.2, 0.25) is 17.7 Å². The second-order valence-corrected chi connectivity index (χ2v) is 20.4. The van der Waals surface area contributed by atoms with Gasteiger partial charge in [-0.3, -0.25) is 24.2 Å². The third-order valence-corrected chi connectivity index (χ3v) is 13.3. The van der Waals surface area contributed by atoms with Gasteiger partial charge in [0.25, 0.3) is 5.91 Å². The summed E-state index contributed by atoms with van der Waals surface area (Å²) < 4.78 is 67.6. The van der Waals surface area contributed by atoms with Crippen LogP contribution in [0.25, 0.3) is 10.4 Å². The lowest BCUT2D eigenvalue weighted by Gasteiger charge is -2.35. The van der Waals surface area contributed by atoms with Crippen LogP contribution < -0.4 is 31.3 Å². The van der Waals surface area contributed by atoms with E-state index in [9.17, 15) is 42.3 Å². The number of amides is 6. The Hall–Kier alpha value is -6.73. The lowest BCUT2D eigenvalue weighted by Crippen LogP contribution is -2.58. The molecule has 3 heterocycles. The zero-order valence-electron chi connectivity index (χ0n) is 43.7. The number of halogens is 4. The monoisotopic (exact) mass is 1120 g/mol. The number of aryl methyl sites for hydroxylation is 1. The number of thiazole rings is 1. The Kier molecular flexibility index (Phi) is 22.3. The number of anilines is 2. The number of urea groups is 1. The number of nitrogens with one attached hydrogen (secondary N) is 5. The zero-order valence-corrected chi connectivity index (χ0v) is 45.3. The van der Waals surface area contributed by atoms with Crippen molar-refractivity contribution in [2.24, 2.45) is 5.41 Å². The molecule has 3 aromatic carbocycles. The van der Waals surface area contributed by atoms with Crippen molar-refractivity contribution in [2.45, 2.75) is 77.9 Å². The third-order valence-electron chi connectivity index (χ3n) is 12.0. The minimum atomic E-state index is -4.69. The van der Waals surface area contributed by atoms with Gasteiger partial charge in [0.05, 0.1) is 91.7 Å². The molecule has 24 heteroatoms. The van der Waals surface area contributed by atoms with Crippen molar-refractivity contribution < 1.29 is 65.9 Å². The molecule has 1 unspecified atom stereocenters. The Bertz CT molecular complexity index is 2800. The van der Waals surface area contributed by atoms with E-state index in [2.05, 4.69) is 36.6 Å². The second kappa shape index (κ2) is 28.8. The van der Waals surface area contributed by atoms with Gasteiger partial charge in [-0.15, -0.1) is 11.3 Å². The predicted molar refractivity (Wildman–Crippen MR) is 286 cm³/mol. The lowest BCUT2D eigenvalue weighted by molar-refractivity contribution is -0.144. The second-order valence-electron chi connectivity index (χ2n) is 19.1. The summed E-state index contributed by atoms with van der Waals surface area (Å²) in [5.74, 6) is -1.01. The van der Waals surface area contributed by atoms with Gasteiger partial charge in [-0.2, -0.15) is 13.2 Å². The molecule has 19 nitrogen and oxygen atoms in total. The van der Waals surface area contributed by atoms with Crippen LogP contribution >= 0.6 is 22.9 Å². The Labute approximate surface area is 458 Å². The van der Waals surface area contributed by atoms with Crippen LogP contribution in [0.3, 0.4) is 0 Å². The molecule has 420 valence electrons. The number of nitrogens with zero attached hydrogens (tertiary/aromatic N) is 3. The maximum absolute atomic E-state index is 14.0. The topological polar surface area (TPSA) is 241 Å². The normalized spacial score (nSPS) is 15.3. The molecule has 0 aliphatic carbocycles. The zero-order chi connectivity index (χ0) is 56.4. The van der Waals surface area contributed by atoms with Crippen LogP contribution in [-0.4, -0.2) is 134 Å². The molecule has 6 rings (SSSR count). The number of hydrogen-bond donors (Lipinski definition) is 6. The van der Waals surface area contributed by atoms with Gasteiger partial charge in [-0.25, -0.2) is 9.78 Å². The summed E-state index contributed by atoms with van der Waals surface area (Å²) in [5, 5.41) is 23.5. The van der Waals surface area contributed by atoms with E-state index in [0.717, 1.165) is 33.8 Å². The van der Waals surface area contributed by atoms with Gasteiger partial charge >= 0.3 is 12.2 Å². The molecule has 0 spiro atoms. The quantitative estimate of drug-likeness (QED) is 0.0287. The predicted octanol–water partition coefficient (Wildman–Crippen LogP) is 8.18. The van der Waals surface area contributed by atoms with Crippen molar-refractivity contribution in [1.29, 1.82) is 0 Å². The number of ether oxygens (including phenoxy) is 5. The third kappa shape index (κ3) is 18.5. The maximum atomic E-state index is 14.0. The van der Waals surface area contributed by atoms with Crippen LogP contribution in [0.2, 0.25) is 5.02 Å². The highest BCUT2D eigenvalue weighted by atomic mass is 35.5. The number of aromatic nitrogens is 2. The number of likely N-dealkylation sites (tertiary alicyclic amines) is 1. The fraction of sp³-hybridized carbons (Fsp3) is 0.426. The molecule has 1 saturated heterocycles. The van der Waals surface area contributed by atoms with Crippen molar-refractivity contribution in [3.63, 3.8) is 0 Å². The Morgan fingerprint density at radius 1 is 0.795 bits per heavy atom. The van der Waals surface area contributed by atoms with Crippen molar-refractivity contribution in [2.75, 3.05) is 76.6 Å². The fourth-order valence-corrected chi connectivity index (χ4v) is 8.99. The molecule has 5 aromatic rings. The Morgan fingerprint density at radius 2 is 1.42 bits per heavy atom. The summed E-state index contributed by atoms with van der Waals surface area (Å²) >= 11 is 7.20. The number of carbonyl (C=O) groups excluding carboxylic acids is 5. The molecule has 1 aliphatic heterocycles. The van der Waals surface area contributed by atoms with Crippen molar-refractivity contribution in [1.82, 2.24) is 30.8 Å². The number of rotatable bonds is 26. The van der Waals surface area contributed by atoms with Crippen LogP contribution in [-0.2, 0) is 39.5 Å². The summed E-state index contributed by atoms with van der Waals surface area (Å²) in [7, 11) is 0. The average Bonchev–Trinajstić information content (AvgIpc) is 4.02. The van der Waals surface area contributed by atoms with E-state index in [1.807, 2.05) is 58.9 Å². The van der Waals surface area contributed by atoms with E-state index in [1.165, 1.54) is 35.4 Å². The summed E-state index contributed by atoms with van der Waals surface area (Å²) in [6.45, 7) is 11.4. The molecule has 0 radical (unpaired) electrons. The maximum Gasteiger partial charge on any atom is 0.417 e. The van der Waals surface area contributed by atoms with Crippen molar-refractivity contribution in [3.8, 4) is 21.9 Å². The highest BCUT2D eigenvalue weighted by molar-refractivity contribution is 7.13. The number of β-amino-alcohol motifs (C(OH)–C–C–N with tert-alkyl or cyclic N) is 1. The van der Waals surface area contributed by atoms with Gasteiger partial charge in [0.1, 0.15) is 29.3 Å². The van der Waals surface area contributed by atoms with E-state index in [0.29, 0.717) is 30.4 Å². The molecule has 0 bridgehead atoms. The molecule has 0 saturated carbocycles. The highest BCUT2D eigenvalue weighted by Gasteiger charge is 2.45. The van der Waals surface area contributed by atoms with Gasteiger partial charge in [0.15, 0.2) is 0 Å². The largest absolute Gasteiger partial charge is 0.457 e. The van der Waals surface area contributed by atoms with Crippen molar-refractivity contribution >= 4 is 64.0 Å². The van der Waals surface area contributed by atoms with Crippen LogP contribution in [0.5, 0.6) is 11.5 Å². The molecule has 6 amide bonds. The molecule has 78 heavy (non-hydrogen) atoms. The van der Waals surface area contributed by atoms with Gasteiger partial charge in [-0.05, 0) is 78.9 Å². The van der Waals surface area contributed by atoms with Gasteiger partial charge in [-0.1, -0.05) is 56.6 Å². The number of aliphatic hydroxyl groups excluding tert-OH is 1. The first kappa shape index (κ1) is 60.5. The van der Waals surface area contributed by atoms with Crippen LogP contribution in [0.4, 0.5) is 29.3 Å². The molecular formula is C54H64ClF3N8O11S. The summed E-state index contributed by atoms with van der Waals surface area (Å²) in [6.07, 6.45) is -4.12. The number of carbonyl (C=O) groups is 5. The number of alkyl halides is 3. The molecule has 1 aliphatic rings. The first-order valence-electron chi connectivity index (χ1n) is 25.0. The number of benzene rings is 3. The van der Waals surface area contributed by atoms with Crippen LogP contribution in [0, 0.1) is 12.3 Å². The summed E-state index contributed by atoms with van der Waals surface area (Å²) in [5.41, 5.74) is 3.21. The Morgan fingerprint density at radius 3 is 2.05 bits per heavy atom. The summed E-state index contributed by atoms with van der Waals surface area (Å²) in [6, 6.07) is 17.0. The average molecular weight is 1130 g/mol. The minimum Gasteiger partial charge on any atom is -0.457 e. The first-order chi connectivity index (χ1) is 37.2. The minimum absolute atomic E-state index is 0.0141. The standard InChI is InChI=1S/C54H64ClF3N8O11S/c1-33(35-6-8-36(9-7-35)47-34(2)61-32-78-47)62-50(70)45-29-39(67)31-66(45)51(71)48(53(3,4)5)65-46(68)17-20-73-22-24-75-26-27-76-25-23-74-21-19-60-49(69)44-30-41(16-18-59-44)77-40-13-10-37(11-14-40)63-52(72)64-38-12-15-43(55)42(28-38)54(56,57)58/h6-16,18,28,30,32-33,39,45,48,67H,17,19-27,29,31H2,1-5H3,(H,60,69)(H,62,70)(H,65,68)(H2,63,64,72)/t33-,39+,45-,48?/m0/s1. The van der Waals surface area contributed by atoms with E-state index in [-0.39, 0.29) is 88.9 Å². The molecule has 1 fully saturated rings. The molecule has 4 atom stereocenters. The first-order valence-corrected chi connectivity index (χ1v) is 26.3. The van der Waals surface area contributed by atoms with E-state index in [1.54, 1.807) is 35.0 Å². The van der Waals surface area contributed by atoms with E-state index >= 15 is 0 Å². The van der Waals surface area contributed by atoms with Gasteiger partial charge < -0.3 is 60.3 Å². The lowest BCUT2D eigenvalue weighted by atomic mass is 9.85. The molecule has 2 aromatic heterocycles. The number of pyridine rings is 1. The SMILES string of the molecule is Cc1ncsc1-c1ccc([C@H](C)NC(=O)[C@@H]2C[C@@H](O)CN2C(=O)C(NC(=O)CCOCCOCCOCCOCCNC(=O)c2cc(Oc3ccc(NC(=O)Nc4ccc(Cl)c(C(F)(F)F)c4)cc3)ccn2)C(C)(C)C)cc1. The van der Waals surface area contributed by atoms with Crippen molar-refractivity contribution in [3.05, 3.63) is 118 Å². The summed E-state index contributed by atoms with van der Waals surface area (Å²) in [4.78, 5) is 76.7. The molecular weight excluding hydrogens is 1060 g/mol. The van der Waals surface area contributed by atoms with Crippen LogP contribution in [0.15, 0.2) is 90.6 Å². The van der Waals surface area contributed by atoms with E-state index < -0.39 is 64.1 Å². The number of aliphatic hydroxyl groups is 1. The highest BCUT2D eigenvalue weighted by Crippen LogP contribution is 2.36. The van der Waals surface area contributed by atoms with E-state index in [4.69, 9.17) is 35.3 Å². The fourth-order valence-electron chi connectivity index (χ4n) is 7.96. The number of hydrogen-bond acceptors (Lipinski definition) is 14. The van der Waals surface area contributed by atoms with Gasteiger partial charge in [0, 0.05) is 49.6 Å². The van der Waals surface area contributed by atoms with Crippen LogP contribution in [0.1, 0.15) is 73.9 Å². The smallest absolute Gasteiger partial charge is 0.417 e. The Balaban J connectivity index is 0.785.